The summed E-state index contributed by atoms with van der Waals surface area (Å²) in [4.78, 5) is 11.8. The van der Waals surface area contributed by atoms with Crippen LogP contribution in [0.5, 0.6) is 0 Å². The van der Waals surface area contributed by atoms with E-state index in [0.717, 1.165) is 0 Å². The van der Waals surface area contributed by atoms with Gasteiger partial charge < -0.3 is 0 Å². The summed E-state index contributed by atoms with van der Waals surface area (Å²) in [6, 6.07) is 5.26. The summed E-state index contributed by atoms with van der Waals surface area (Å²) in [5.41, 5.74) is 0.356. The molecule has 1 amide bonds. The predicted octanol–water partition coefficient (Wildman–Crippen LogP) is 2.65. The van der Waals surface area contributed by atoms with Gasteiger partial charge in [-0.25, -0.2) is 4.39 Å². The second-order valence-corrected chi connectivity index (χ2v) is 5.53. The van der Waals surface area contributed by atoms with Crippen molar-refractivity contribution >= 4 is 34.1 Å². The minimum atomic E-state index is -0.388. The number of nitrogens with one attached hydrogen (secondary N) is 1. The second kappa shape index (κ2) is 6.31. The maximum atomic E-state index is 12.7. The van der Waals surface area contributed by atoms with Crippen molar-refractivity contribution in [1.29, 1.82) is 0 Å². The number of benzene rings is 1. The first-order chi connectivity index (χ1) is 9.19. The number of amides is 1. The molecule has 1 aromatic heterocycles. The van der Waals surface area contributed by atoms with E-state index in [2.05, 4.69) is 21.4 Å². The molecule has 0 atom stereocenters. The molecule has 96 valence electrons. The Morgan fingerprint density at radius 1 is 1.42 bits per heavy atom. The molecule has 0 aliphatic rings. The maximum absolute atomic E-state index is 12.7. The van der Waals surface area contributed by atoms with Gasteiger partial charge in [0.15, 0.2) is 4.34 Å². The zero-order chi connectivity index (χ0) is 13.7. The number of aromatic nitrogens is 2. The molecule has 0 fully saturated rings. The van der Waals surface area contributed by atoms with Gasteiger partial charge in [-0.2, -0.15) is 0 Å². The summed E-state index contributed by atoms with van der Waals surface area (Å²) >= 11 is 2.61. The fourth-order valence-electron chi connectivity index (χ4n) is 1.19. The largest absolute Gasteiger partial charge is 0.296 e. The standard InChI is InChI=1S/C12H8FN3OS2/c1-2-7-18-12-16-15-11(19-12)14-10(17)8-3-5-9(13)6-4-8/h1,3-6H,7H2,(H,14,15,17). The zero-order valence-electron chi connectivity index (χ0n) is 9.59. The first kappa shape index (κ1) is 13.5. The quantitative estimate of drug-likeness (QED) is 0.535. The molecule has 0 saturated heterocycles. The Bertz CT molecular complexity index is 619. The highest BCUT2D eigenvalue weighted by Gasteiger charge is 2.10. The van der Waals surface area contributed by atoms with Gasteiger partial charge in [0, 0.05) is 5.56 Å². The van der Waals surface area contributed by atoms with Crippen LogP contribution >= 0.6 is 23.1 Å². The van der Waals surface area contributed by atoms with Crippen molar-refractivity contribution in [3.05, 3.63) is 35.6 Å². The van der Waals surface area contributed by atoms with Crippen LogP contribution in [-0.4, -0.2) is 21.9 Å². The Balaban J connectivity index is 2.01. The molecule has 1 aromatic carbocycles. The lowest BCUT2D eigenvalue weighted by atomic mass is 10.2. The van der Waals surface area contributed by atoms with E-state index in [1.54, 1.807) is 0 Å². The lowest BCUT2D eigenvalue weighted by Crippen LogP contribution is -2.11. The predicted molar refractivity (Wildman–Crippen MR) is 73.8 cm³/mol. The van der Waals surface area contributed by atoms with Gasteiger partial charge in [0.1, 0.15) is 5.82 Å². The van der Waals surface area contributed by atoms with E-state index in [0.29, 0.717) is 20.8 Å². The number of anilines is 1. The van der Waals surface area contributed by atoms with E-state index in [1.807, 2.05) is 0 Å². The van der Waals surface area contributed by atoms with E-state index in [4.69, 9.17) is 6.42 Å². The number of nitrogens with zero attached hydrogens (tertiary/aromatic N) is 2. The molecule has 0 unspecified atom stereocenters. The highest BCUT2D eigenvalue weighted by Crippen LogP contribution is 2.25. The Morgan fingerprint density at radius 3 is 2.84 bits per heavy atom. The maximum Gasteiger partial charge on any atom is 0.257 e. The molecule has 1 N–H and O–H groups in total. The lowest BCUT2D eigenvalue weighted by molar-refractivity contribution is 0.102. The molecule has 4 nitrogen and oxygen atoms in total. The second-order valence-electron chi connectivity index (χ2n) is 3.33. The molecular weight excluding hydrogens is 285 g/mol. The number of thioether (sulfide) groups is 1. The fourth-order valence-corrected chi connectivity index (χ4v) is 2.62. The normalized spacial score (nSPS) is 9.89. The third kappa shape index (κ3) is 3.77. The third-order valence-electron chi connectivity index (χ3n) is 2.01. The molecule has 0 bridgehead atoms. The van der Waals surface area contributed by atoms with Gasteiger partial charge in [-0.05, 0) is 24.3 Å². The van der Waals surface area contributed by atoms with E-state index in [9.17, 15) is 9.18 Å². The first-order valence-electron chi connectivity index (χ1n) is 5.15. The van der Waals surface area contributed by atoms with E-state index < -0.39 is 0 Å². The fraction of sp³-hybridized carbons (Fsp3) is 0.0833. The zero-order valence-corrected chi connectivity index (χ0v) is 11.2. The Labute approximate surface area is 117 Å². The van der Waals surface area contributed by atoms with Gasteiger partial charge in [-0.15, -0.1) is 16.6 Å². The number of rotatable bonds is 4. The molecule has 7 heteroatoms. The number of halogens is 1. The summed E-state index contributed by atoms with van der Waals surface area (Å²) < 4.78 is 13.4. The molecule has 2 rings (SSSR count). The van der Waals surface area contributed by atoms with Gasteiger partial charge in [0.2, 0.25) is 5.13 Å². The van der Waals surface area contributed by atoms with Gasteiger partial charge >= 0.3 is 0 Å². The number of terminal acetylenes is 1. The van der Waals surface area contributed by atoms with Crippen molar-refractivity contribution in [1.82, 2.24) is 10.2 Å². The summed E-state index contributed by atoms with van der Waals surface area (Å²) in [5.74, 6) is 2.23. The molecule has 0 aliphatic carbocycles. The van der Waals surface area contributed by atoms with Crippen molar-refractivity contribution in [2.45, 2.75) is 4.34 Å². The lowest BCUT2D eigenvalue weighted by Gasteiger charge is -2.00. The Kier molecular flexibility index (Phi) is 4.49. The van der Waals surface area contributed by atoms with Crippen LogP contribution < -0.4 is 5.32 Å². The van der Waals surface area contributed by atoms with Crippen molar-refractivity contribution in [2.24, 2.45) is 0 Å². The van der Waals surface area contributed by atoms with Gasteiger partial charge in [-0.1, -0.05) is 29.0 Å². The molecular formula is C12H8FN3OS2. The average Bonchev–Trinajstić information content (AvgIpc) is 2.84. The summed E-state index contributed by atoms with van der Waals surface area (Å²) in [6.45, 7) is 0. The van der Waals surface area contributed by atoms with Crippen LogP contribution in [0.15, 0.2) is 28.6 Å². The monoisotopic (exact) mass is 293 g/mol. The minimum absolute atomic E-state index is 0.356. The van der Waals surface area contributed by atoms with Crippen LogP contribution in [0.3, 0.4) is 0 Å². The van der Waals surface area contributed by atoms with Crippen molar-refractivity contribution < 1.29 is 9.18 Å². The van der Waals surface area contributed by atoms with Crippen molar-refractivity contribution in [2.75, 3.05) is 11.1 Å². The topological polar surface area (TPSA) is 54.9 Å². The molecule has 0 radical (unpaired) electrons. The van der Waals surface area contributed by atoms with Crippen LogP contribution in [0.4, 0.5) is 9.52 Å². The molecule has 0 saturated carbocycles. The summed E-state index contributed by atoms with van der Waals surface area (Å²) in [6.07, 6.45) is 5.14. The molecule has 2 aromatic rings. The first-order valence-corrected chi connectivity index (χ1v) is 6.96. The summed E-state index contributed by atoms with van der Waals surface area (Å²) in [5, 5.41) is 10.7. The van der Waals surface area contributed by atoms with Gasteiger partial charge in [0.25, 0.3) is 5.91 Å². The smallest absolute Gasteiger partial charge is 0.257 e. The van der Waals surface area contributed by atoms with Gasteiger partial charge in [0.05, 0.1) is 5.75 Å². The number of hydrogen-bond donors (Lipinski definition) is 1. The van der Waals surface area contributed by atoms with Crippen molar-refractivity contribution in [3.8, 4) is 12.3 Å². The average molecular weight is 293 g/mol. The van der Waals surface area contributed by atoms with E-state index >= 15 is 0 Å². The number of carbonyl (C=O) groups excluding carboxylic acids is 1. The van der Waals surface area contributed by atoms with Crippen LogP contribution in [0, 0.1) is 18.2 Å². The molecule has 0 aliphatic heterocycles. The van der Waals surface area contributed by atoms with Crippen molar-refractivity contribution in [3.63, 3.8) is 0 Å². The highest BCUT2D eigenvalue weighted by atomic mass is 32.2. The summed E-state index contributed by atoms with van der Waals surface area (Å²) in [7, 11) is 0. The SMILES string of the molecule is C#CCSc1nnc(NC(=O)c2ccc(F)cc2)s1. The molecule has 1 heterocycles. The minimum Gasteiger partial charge on any atom is -0.296 e. The molecule has 0 spiro atoms. The Morgan fingerprint density at radius 2 is 2.16 bits per heavy atom. The molecule has 19 heavy (non-hydrogen) atoms. The highest BCUT2D eigenvalue weighted by molar-refractivity contribution is 8.01. The van der Waals surface area contributed by atoms with Crippen LogP contribution in [-0.2, 0) is 0 Å². The van der Waals surface area contributed by atoms with Crippen LogP contribution in [0.25, 0.3) is 0 Å². The van der Waals surface area contributed by atoms with E-state index in [1.165, 1.54) is 47.4 Å². The van der Waals surface area contributed by atoms with E-state index in [-0.39, 0.29) is 11.7 Å². The third-order valence-corrected chi connectivity index (χ3v) is 3.89. The number of hydrogen-bond acceptors (Lipinski definition) is 5. The Hall–Kier alpha value is -1.91. The number of carbonyl (C=O) groups is 1. The van der Waals surface area contributed by atoms with Gasteiger partial charge in [-0.3, -0.25) is 10.1 Å². The van der Waals surface area contributed by atoms with Crippen LogP contribution in [0.2, 0.25) is 0 Å². The van der Waals surface area contributed by atoms with Crippen LogP contribution in [0.1, 0.15) is 10.4 Å².